The van der Waals surface area contributed by atoms with E-state index in [1.165, 1.54) is 6.07 Å². The van der Waals surface area contributed by atoms with Crippen molar-refractivity contribution in [2.75, 3.05) is 19.8 Å². The second kappa shape index (κ2) is 11.9. The fourth-order valence-corrected chi connectivity index (χ4v) is 3.87. The van der Waals surface area contributed by atoms with Gasteiger partial charge in [-0.1, -0.05) is 18.2 Å². The van der Waals surface area contributed by atoms with E-state index in [0.29, 0.717) is 43.4 Å². The third-order valence-electron chi connectivity index (χ3n) is 5.56. The number of hydrogen-bond donors (Lipinski definition) is 1. The number of furan rings is 1. The quantitative estimate of drug-likeness (QED) is 0.289. The summed E-state index contributed by atoms with van der Waals surface area (Å²) in [4.78, 5) is 1.98. The van der Waals surface area contributed by atoms with Crippen molar-refractivity contribution < 1.29 is 27.8 Å². The average molecular weight is 498 g/mol. The van der Waals surface area contributed by atoms with Gasteiger partial charge in [-0.15, -0.1) is 0 Å². The molecule has 1 N–H and O–H groups in total. The number of aliphatic hydroxyl groups excluding tert-OH is 1. The smallest absolute Gasteiger partial charge is 0.227 e. The minimum Gasteiger partial charge on any atom is -0.468 e. The van der Waals surface area contributed by atoms with Gasteiger partial charge in [-0.25, -0.2) is 13.5 Å². The molecule has 0 aliphatic carbocycles. The molecule has 36 heavy (non-hydrogen) atoms. The van der Waals surface area contributed by atoms with E-state index >= 15 is 0 Å². The van der Waals surface area contributed by atoms with Crippen LogP contribution in [0.1, 0.15) is 23.9 Å². The van der Waals surface area contributed by atoms with Crippen molar-refractivity contribution in [2.24, 2.45) is 0 Å². The molecule has 2 aromatic carbocycles. The van der Waals surface area contributed by atoms with Crippen molar-refractivity contribution in [3.05, 3.63) is 95.6 Å². The Morgan fingerprint density at radius 2 is 1.89 bits per heavy atom. The first-order valence-corrected chi connectivity index (χ1v) is 11.7. The summed E-state index contributed by atoms with van der Waals surface area (Å²) in [7, 11) is 0. The summed E-state index contributed by atoms with van der Waals surface area (Å²) in [6.07, 6.45) is 0.859. The minimum absolute atomic E-state index is 0.122. The summed E-state index contributed by atoms with van der Waals surface area (Å²) < 4.78 is 46.6. The molecule has 0 fully saturated rings. The van der Waals surface area contributed by atoms with Crippen LogP contribution in [0.3, 0.4) is 0 Å². The fraction of sp³-hybridized carbons (Fsp3) is 0.296. The van der Waals surface area contributed by atoms with Crippen LogP contribution in [-0.4, -0.2) is 45.6 Å². The zero-order valence-electron chi connectivity index (χ0n) is 20.2. The Morgan fingerprint density at radius 3 is 2.58 bits per heavy atom. The molecule has 4 rings (SSSR count). The van der Waals surface area contributed by atoms with E-state index in [1.54, 1.807) is 17.0 Å². The molecule has 9 heteroatoms. The van der Waals surface area contributed by atoms with Crippen molar-refractivity contribution >= 4 is 0 Å². The average Bonchev–Trinajstić information content (AvgIpc) is 3.48. The third-order valence-corrected chi connectivity index (χ3v) is 5.56. The van der Waals surface area contributed by atoms with E-state index in [9.17, 15) is 13.9 Å². The van der Waals surface area contributed by atoms with Gasteiger partial charge in [0.2, 0.25) is 5.88 Å². The predicted octanol–water partition coefficient (Wildman–Crippen LogP) is 5.24. The van der Waals surface area contributed by atoms with Gasteiger partial charge in [0, 0.05) is 25.8 Å². The highest BCUT2D eigenvalue weighted by molar-refractivity contribution is 5.43. The van der Waals surface area contributed by atoms with Gasteiger partial charge in [0.05, 0.1) is 42.5 Å². The number of halogens is 2. The van der Waals surface area contributed by atoms with Crippen LogP contribution in [0.25, 0.3) is 5.69 Å². The lowest BCUT2D eigenvalue weighted by Crippen LogP contribution is -2.34. The van der Waals surface area contributed by atoms with Crippen LogP contribution in [0.2, 0.25) is 0 Å². The summed E-state index contributed by atoms with van der Waals surface area (Å²) in [6.45, 7) is 5.42. The summed E-state index contributed by atoms with van der Waals surface area (Å²) in [5.41, 5.74) is 2.08. The highest BCUT2D eigenvalue weighted by atomic mass is 19.1. The monoisotopic (exact) mass is 497 g/mol. The molecule has 0 amide bonds. The number of rotatable bonds is 12. The SMILES string of the molecule is CCOC[C@@H](O)CN(Cc1ccco1)Cc1c(C)nn(-c2ccccc2)c1Oc1ccc(F)cc1F. The Hall–Kier alpha value is -3.53. The molecule has 2 heterocycles. The second-order valence-corrected chi connectivity index (χ2v) is 8.36. The maximum atomic E-state index is 14.5. The molecular formula is C27H29F2N3O4. The molecule has 0 aliphatic heterocycles. The van der Waals surface area contributed by atoms with Crippen LogP contribution in [0.4, 0.5) is 8.78 Å². The van der Waals surface area contributed by atoms with Gasteiger partial charge in [0.15, 0.2) is 11.6 Å². The van der Waals surface area contributed by atoms with Crippen LogP contribution in [0, 0.1) is 18.6 Å². The van der Waals surface area contributed by atoms with Crippen molar-refractivity contribution in [3.8, 4) is 17.3 Å². The molecule has 0 spiro atoms. The lowest BCUT2D eigenvalue weighted by molar-refractivity contribution is 0.0166. The lowest BCUT2D eigenvalue weighted by atomic mass is 10.2. The number of para-hydroxylation sites is 1. The number of aryl methyl sites for hydroxylation is 1. The topological polar surface area (TPSA) is 72.9 Å². The van der Waals surface area contributed by atoms with E-state index in [0.717, 1.165) is 23.6 Å². The fourth-order valence-electron chi connectivity index (χ4n) is 3.87. The summed E-state index contributed by atoms with van der Waals surface area (Å²) >= 11 is 0. The van der Waals surface area contributed by atoms with E-state index < -0.39 is 17.7 Å². The molecule has 0 radical (unpaired) electrons. The molecule has 0 saturated carbocycles. The van der Waals surface area contributed by atoms with Crippen LogP contribution in [0.5, 0.6) is 11.6 Å². The maximum Gasteiger partial charge on any atom is 0.227 e. The summed E-state index contributed by atoms with van der Waals surface area (Å²) in [6, 6.07) is 16.1. The molecule has 0 unspecified atom stereocenters. The van der Waals surface area contributed by atoms with Gasteiger partial charge in [-0.2, -0.15) is 5.10 Å². The number of hydrogen-bond acceptors (Lipinski definition) is 6. The molecule has 0 aliphatic rings. The van der Waals surface area contributed by atoms with Crippen LogP contribution in [-0.2, 0) is 17.8 Å². The number of benzene rings is 2. The van der Waals surface area contributed by atoms with Gasteiger partial charge in [-0.3, -0.25) is 4.90 Å². The lowest BCUT2D eigenvalue weighted by Gasteiger charge is -2.24. The van der Waals surface area contributed by atoms with Crippen molar-refractivity contribution in [2.45, 2.75) is 33.0 Å². The Kier molecular flexibility index (Phi) is 8.48. The van der Waals surface area contributed by atoms with Crippen molar-refractivity contribution in [1.82, 2.24) is 14.7 Å². The van der Waals surface area contributed by atoms with Crippen LogP contribution < -0.4 is 4.74 Å². The Labute approximate surface area is 208 Å². The first kappa shape index (κ1) is 25.6. The molecule has 0 saturated heterocycles. The second-order valence-electron chi connectivity index (χ2n) is 8.36. The Morgan fingerprint density at radius 1 is 1.08 bits per heavy atom. The van der Waals surface area contributed by atoms with E-state index in [1.807, 2.05) is 55.1 Å². The normalized spacial score (nSPS) is 12.3. The van der Waals surface area contributed by atoms with Crippen LogP contribution in [0.15, 0.2) is 71.3 Å². The third kappa shape index (κ3) is 6.37. The number of aliphatic hydroxyl groups is 1. The molecule has 2 aromatic heterocycles. The summed E-state index contributed by atoms with van der Waals surface area (Å²) in [5, 5.41) is 15.2. The molecule has 0 bridgehead atoms. The molecule has 1 atom stereocenters. The molecular weight excluding hydrogens is 468 g/mol. The van der Waals surface area contributed by atoms with Gasteiger partial charge in [0.25, 0.3) is 0 Å². The van der Waals surface area contributed by atoms with E-state index in [-0.39, 0.29) is 12.4 Å². The predicted molar refractivity (Wildman–Crippen MR) is 130 cm³/mol. The highest BCUT2D eigenvalue weighted by Crippen LogP contribution is 2.33. The van der Waals surface area contributed by atoms with Gasteiger partial charge >= 0.3 is 0 Å². The van der Waals surface area contributed by atoms with Gasteiger partial charge < -0.3 is 19.0 Å². The zero-order chi connectivity index (χ0) is 25.5. The molecule has 7 nitrogen and oxygen atoms in total. The Bertz CT molecular complexity index is 1250. The van der Waals surface area contributed by atoms with Crippen molar-refractivity contribution in [3.63, 3.8) is 0 Å². The van der Waals surface area contributed by atoms with Crippen molar-refractivity contribution in [1.29, 1.82) is 0 Å². The Balaban J connectivity index is 1.71. The highest BCUT2D eigenvalue weighted by Gasteiger charge is 2.24. The maximum absolute atomic E-state index is 14.5. The number of aromatic nitrogens is 2. The zero-order valence-corrected chi connectivity index (χ0v) is 20.2. The van der Waals surface area contributed by atoms with Crippen LogP contribution >= 0.6 is 0 Å². The number of ether oxygens (including phenoxy) is 2. The van der Waals surface area contributed by atoms with Gasteiger partial charge in [-0.05, 0) is 50.2 Å². The summed E-state index contributed by atoms with van der Waals surface area (Å²) in [5.74, 6) is -0.616. The largest absolute Gasteiger partial charge is 0.468 e. The minimum atomic E-state index is -0.820. The number of nitrogens with zero attached hydrogens (tertiary/aromatic N) is 3. The molecule has 4 aromatic rings. The first-order valence-electron chi connectivity index (χ1n) is 11.7. The molecule has 190 valence electrons. The van der Waals surface area contributed by atoms with E-state index in [2.05, 4.69) is 5.10 Å². The standard InChI is InChI=1S/C27H29F2N3O4/c1-3-34-18-22(33)15-31(16-23-10-7-13-35-23)17-24-19(2)30-32(21-8-5-4-6-9-21)27(24)36-26-12-11-20(28)14-25(26)29/h4-14,22,33H,3,15-18H2,1-2H3/t22-/m0/s1. The van der Waals surface area contributed by atoms with E-state index in [4.69, 9.17) is 13.9 Å². The first-order chi connectivity index (χ1) is 17.4. The van der Waals surface area contributed by atoms with Gasteiger partial charge in [0.1, 0.15) is 11.6 Å².